The number of nitriles is 1. The van der Waals surface area contributed by atoms with Gasteiger partial charge in [0.1, 0.15) is 0 Å². The van der Waals surface area contributed by atoms with Crippen molar-refractivity contribution in [3.63, 3.8) is 0 Å². The third-order valence-corrected chi connectivity index (χ3v) is 7.52. The molecule has 1 aliphatic heterocycles. The van der Waals surface area contributed by atoms with Gasteiger partial charge in [-0.15, -0.1) is 11.3 Å². The molecule has 1 unspecified atom stereocenters. The number of thiophene rings is 1. The summed E-state index contributed by atoms with van der Waals surface area (Å²) in [5, 5.41) is 21.8. The molecule has 1 aromatic heterocycles. The second-order valence-corrected chi connectivity index (χ2v) is 9.74. The Hall–Kier alpha value is -3.02. The lowest BCUT2D eigenvalue weighted by molar-refractivity contribution is -0.119. The number of benzene rings is 1. The molecule has 0 bridgehead atoms. The molecule has 1 saturated carbocycles. The van der Waals surface area contributed by atoms with Crippen LogP contribution in [0.25, 0.3) is 0 Å². The van der Waals surface area contributed by atoms with Crippen LogP contribution in [-0.4, -0.2) is 23.6 Å². The molecule has 2 aromatic rings. The number of hydrogen-bond donors (Lipinski definition) is 3. The van der Waals surface area contributed by atoms with Crippen molar-refractivity contribution in [1.29, 1.82) is 5.26 Å². The monoisotopic (exact) mass is 464 g/mol. The van der Waals surface area contributed by atoms with Crippen molar-refractivity contribution in [2.75, 3.05) is 11.1 Å². The zero-order valence-electron chi connectivity index (χ0n) is 17.7. The predicted molar refractivity (Wildman–Crippen MR) is 129 cm³/mol. The molecule has 6 nitrogen and oxygen atoms in total. The molecule has 8 heteroatoms. The van der Waals surface area contributed by atoms with Gasteiger partial charge in [-0.1, -0.05) is 36.0 Å². The molecule has 1 fully saturated rings. The Labute approximate surface area is 195 Å². The van der Waals surface area contributed by atoms with Crippen molar-refractivity contribution in [2.45, 2.75) is 38.1 Å². The Balaban J connectivity index is 1.59. The summed E-state index contributed by atoms with van der Waals surface area (Å²) in [6.07, 6.45) is 3.22. The standard InChI is InChI=1S/C24H24N4O2S2/c1-15-21(23(30)28-17-7-3-2-4-8-17)22(19-11-6-12-31-19)18(13-25)24(26-15)32-14-20(29)27-16-9-5-10-16/h2-4,6-8,11-12,16,22,26H,5,9-10,14H2,1H3,(H,27,29)(H,28,30). The van der Waals surface area contributed by atoms with E-state index in [0.717, 1.165) is 24.1 Å². The molecule has 3 N–H and O–H groups in total. The fraction of sp³-hybridized carbons (Fsp3) is 0.292. The van der Waals surface area contributed by atoms with Crippen LogP contribution >= 0.6 is 23.1 Å². The first kappa shape index (κ1) is 22.2. The van der Waals surface area contributed by atoms with Gasteiger partial charge in [-0.3, -0.25) is 9.59 Å². The number of amides is 2. The fourth-order valence-electron chi connectivity index (χ4n) is 3.75. The third-order valence-electron chi connectivity index (χ3n) is 5.57. The van der Waals surface area contributed by atoms with Crippen LogP contribution in [-0.2, 0) is 9.59 Å². The van der Waals surface area contributed by atoms with Crippen LogP contribution in [0.5, 0.6) is 0 Å². The number of carbonyl (C=O) groups is 2. The summed E-state index contributed by atoms with van der Waals surface area (Å²) in [7, 11) is 0. The number of thioether (sulfide) groups is 1. The van der Waals surface area contributed by atoms with Crippen molar-refractivity contribution in [3.05, 3.63) is 74.6 Å². The predicted octanol–water partition coefficient (Wildman–Crippen LogP) is 4.48. The van der Waals surface area contributed by atoms with E-state index in [1.807, 2.05) is 54.8 Å². The molecule has 4 rings (SSSR count). The van der Waals surface area contributed by atoms with Gasteiger partial charge in [-0.25, -0.2) is 0 Å². The summed E-state index contributed by atoms with van der Waals surface area (Å²) in [6, 6.07) is 15.7. The van der Waals surface area contributed by atoms with Crippen LogP contribution in [0.2, 0.25) is 0 Å². The van der Waals surface area contributed by atoms with E-state index in [4.69, 9.17) is 0 Å². The summed E-state index contributed by atoms with van der Waals surface area (Å²) in [4.78, 5) is 26.5. The lowest BCUT2D eigenvalue weighted by atomic mass is 9.86. The highest BCUT2D eigenvalue weighted by Crippen LogP contribution is 2.42. The smallest absolute Gasteiger partial charge is 0.254 e. The summed E-state index contributed by atoms with van der Waals surface area (Å²) >= 11 is 2.82. The minimum atomic E-state index is -0.484. The molecule has 2 aliphatic rings. The summed E-state index contributed by atoms with van der Waals surface area (Å²) in [6.45, 7) is 1.84. The minimum Gasteiger partial charge on any atom is -0.353 e. The number of nitrogens with zero attached hydrogens (tertiary/aromatic N) is 1. The Kier molecular flexibility index (Phi) is 6.98. The third kappa shape index (κ3) is 4.90. The van der Waals surface area contributed by atoms with Crippen molar-refractivity contribution in [2.24, 2.45) is 0 Å². The van der Waals surface area contributed by atoms with Gasteiger partial charge in [-0.05, 0) is 49.8 Å². The highest BCUT2D eigenvalue weighted by molar-refractivity contribution is 8.03. The van der Waals surface area contributed by atoms with E-state index in [9.17, 15) is 14.9 Å². The van der Waals surface area contributed by atoms with E-state index in [-0.39, 0.29) is 23.6 Å². The average molecular weight is 465 g/mol. The molecule has 2 heterocycles. The minimum absolute atomic E-state index is 0.0341. The maximum absolute atomic E-state index is 13.3. The molecule has 32 heavy (non-hydrogen) atoms. The number of rotatable bonds is 7. The summed E-state index contributed by atoms with van der Waals surface area (Å²) in [5.41, 5.74) is 2.34. The van der Waals surface area contributed by atoms with E-state index in [0.29, 0.717) is 27.6 Å². The second-order valence-electron chi connectivity index (χ2n) is 7.77. The number of carbonyl (C=O) groups excluding carboxylic acids is 2. The highest BCUT2D eigenvalue weighted by atomic mass is 32.2. The van der Waals surface area contributed by atoms with Crippen molar-refractivity contribution in [1.82, 2.24) is 10.6 Å². The number of para-hydroxylation sites is 1. The number of anilines is 1. The highest BCUT2D eigenvalue weighted by Gasteiger charge is 2.35. The molecule has 164 valence electrons. The zero-order chi connectivity index (χ0) is 22.5. The first-order valence-corrected chi connectivity index (χ1v) is 12.4. The molecule has 1 aromatic carbocycles. The van der Waals surface area contributed by atoms with E-state index < -0.39 is 5.92 Å². The van der Waals surface area contributed by atoms with Gasteiger partial charge in [0.2, 0.25) is 5.91 Å². The molecule has 2 amide bonds. The number of nitrogens with one attached hydrogen (secondary N) is 3. The van der Waals surface area contributed by atoms with E-state index >= 15 is 0 Å². The van der Waals surface area contributed by atoms with Crippen LogP contribution < -0.4 is 16.0 Å². The van der Waals surface area contributed by atoms with E-state index in [2.05, 4.69) is 22.0 Å². The maximum atomic E-state index is 13.3. The summed E-state index contributed by atoms with van der Waals surface area (Å²) < 4.78 is 0. The first-order valence-electron chi connectivity index (χ1n) is 10.5. The molecule has 1 atom stereocenters. The Morgan fingerprint density at radius 1 is 1.22 bits per heavy atom. The summed E-state index contributed by atoms with van der Waals surface area (Å²) in [5.74, 6) is -0.547. The van der Waals surface area contributed by atoms with Crippen LogP contribution in [0, 0.1) is 11.3 Å². The molecule has 0 spiro atoms. The normalized spacial score (nSPS) is 18.4. The maximum Gasteiger partial charge on any atom is 0.254 e. The van der Waals surface area contributed by atoms with Crippen LogP contribution in [0.1, 0.15) is 37.0 Å². The van der Waals surface area contributed by atoms with Crippen LogP contribution in [0.3, 0.4) is 0 Å². The van der Waals surface area contributed by atoms with E-state index in [1.165, 1.54) is 23.1 Å². The topological polar surface area (TPSA) is 94.0 Å². The van der Waals surface area contributed by atoms with Gasteiger partial charge in [0.05, 0.1) is 28.3 Å². The van der Waals surface area contributed by atoms with Crippen molar-refractivity contribution >= 4 is 40.6 Å². The van der Waals surface area contributed by atoms with Crippen LogP contribution in [0.4, 0.5) is 5.69 Å². The quantitative estimate of drug-likeness (QED) is 0.562. The van der Waals surface area contributed by atoms with Gasteiger partial charge in [-0.2, -0.15) is 5.26 Å². The Morgan fingerprint density at radius 2 is 2.00 bits per heavy atom. The molecule has 0 saturated heterocycles. The van der Waals surface area contributed by atoms with Gasteiger partial charge in [0, 0.05) is 27.9 Å². The molecule has 0 radical (unpaired) electrons. The Morgan fingerprint density at radius 3 is 2.62 bits per heavy atom. The van der Waals surface area contributed by atoms with Gasteiger partial charge < -0.3 is 16.0 Å². The zero-order valence-corrected chi connectivity index (χ0v) is 19.3. The SMILES string of the molecule is CC1=C(C(=O)Nc2ccccc2)C(c2cccs2)C(C#N)=C(SCC(=O)NC2CCC2)N1. The number of hydrogen-bond acceptors (Lipinski definition) is 6. The fourth-order valence-corrected chi connectivity index (χ4v) is 5.49. The lowest BCUT2D eigenvalue weighted by Gasteiger charge is -2.29. The van der Waals surface area contributed by atoms with Gasteiger partial charge in [0.25, 0.3) is 5.91 Å². The number of dihydropyridines is 1. The number of allylic oxidation sites excluding steroid dienone is 2. The molecular weight excluding hydrogens is 440 g/mol. The van der Waals surface area contributed by atoms with E-state index in [1.54, 1.807) is 0 Å². The largest absolute Gasteiger partial charge is 0.353 e. The lowest BCUT2D eigenvalue weighted by Crippen LogP contribution is -2.40. The van der Waals surface area contributed by atoms with Crippen molar-refractivity contribution < 1.29 is 9.59 Å². The van der Waals surface area contributed by atoms with Gasteiger partial charge >= 0.3 is 0 Å². The molecular formula is C24H24N4O2S2. The second kappa shape index (κ2) is 10.1. The molecule has 1 aliphatic carbocycles. The van der Waals surface area contributed by atoms with Gasteiger partial charge in [0.15, 0.2) is 0 Å². The average Bonchev–Trinajstić information content (AvgIpc) is 3.29. The van der Waals surface area contributed by atoms with Crippen molar-refractivity contribution in [3.8, 4) is 6.07 Å². The van der Waals surface area contributed by atoms with Crippen LogP contribution in [0.15, 0.2) is 69.7 Å². The first-order chi connectivity index (χ1) is 15.6. The Bertz CT molecular complexity index is 1100.